The number of anilines is 2. The van der Waals surface area contributed by atoms with E-state index in [1.807, 2.05) is 67.4 Å². The molecule has 0 saturated carbocycles. The molecule has 0 unspecified atom stereocenters. The Hall–Kier alpha value is -1.98. The zero-order valence-electron chi connectivity index (χ0n) is 12.4. The molecule has 0 fully saturated rings. The van der Waals surface area contributed by atoms with Gasteiger partial charge in [-0.3, -0.25) is 0 Å². The van der Waals surface area contributed by atoms with Crippen LogP contribution in [0.4, 0.5) is 11.6 Å². The lowest BCUT2D eigenvalue weighted by molar-refractivity contribution is 0.181. The zero-order chi connectivity index (χ0) is 14.5. The number of aromatic nitrogens is 2. The van der Waals surface area contributed by atoms with Gasteiger partial charge in [-0.1, -0.05) is 18.2 Å². The summed E-state index contributed by atoms with van der Waals surface area (Å²) in [5.41, 5.74) is 2.81. The molecule has 0 aliphatic carbocycles. The Bertz CT molecular complexity index is 557. The third-order valence-electron chi connectivity index (χ3n) is 2.78. The predicted octanol–water partition coefficient (Wildman–Crippen LogP) is 2.55. The fourth-order valence-electron chi connectivity index (χ4n) is 2.03. The van der Waals surface area contributed by atoms with Crippen molar-refractivity contribution in [1.29, 1.82) is 0 Å². The van der Waals surface area contributed by atoms with Crippen LogP contribution in [0.1, 0.15) is 11.4 Å². The van der Waals surface area contributed by atoms with Crippen LogP contribution in [-0.4, -0.2) is 36.2 Å². The first kappa shape index (κ1) is 14.4. The first-order valence-corrected chi connectivity index (χ1v) is 6.47. The van der Waals surface area contributed by atoms with E-state index in [-0.39, 0.29) is 0 Å². The van der Waals surface area contributed by atoms with Gasteiger partial charge in [0.25, 0.3) is 0 Å². The van der Waals surface area contributed by atoms with Gasteiger partial charge in [0.15, 0.2) is 0 Å². The van der Waals surface area contributed by atoms with Crippen LogP contribution in [0.2, 0.25) is 0 Å². The Morgan fingerprint density at radius 1 is 1.10 bits per heavy atom. The molecular formula is C15H20N4O. The first-order valence-electron chi connectivity index (χ1n) is 6.47. The van der Waals surface area contributed by atoms with E-state index in [0.29, 0.717) is 12.6 Å². The molecule has 1 aromatic heterocycles. The highest BCUT2D eigenvalue weighted by Gasteiger charge is 2.15. The Morgan fingerprint density at radius 2 is 1.80 bits per heavy atom. The summed E-state index contributed by atoms with van der Waals surface area (Å²) in [5.74, 6) is 0.647. The Balaban J connectivity index is 2.44. The fraction of sp³-hybridized carbons (Fsp3) is 0.333. The van der Waals surface area contributed by atoms with Crippen LogP contribution in [0, 0.1) is 6.92 Å². The molecule has 2 aromatic rings. The number of methoxy groups -OCH3 is 1. The first-order chi connectivity index (χ1) is 9.61. The van der Waals surface area contributed by atoms with E-state index in [2.05, 4.69) is 9.97 Å². The molecule has 2 rings (SSSR count). The van der Waals surface area contributed by atoms with Crippen molar-refractivity contribution in [2.75, 3.05) is 26.2 Å². The molecule has 1 aromatic carbocycles. The number of hydrazine groups is 1. The van der Waals surface area contributed by atoms with Crippen molar-refractivity contribution in [2.45, 2.75) is 13.5 Å². The number of hydrogen-bond acceptors (Lipinski definition) is 5. The fourth-order valence-corrected chi connectivity index (χ4v) is 2.03. The molecule has 0 atom stereocenters. The third-order valence-corrected chi connectivity index (χ3v) is 2.78. The lowest BCUT2D eigenvalue weighted by Gasteiger charge is -2.29. The van der Waals surface area contributed by atoms with E-state index in [1.165, 1.54) is 0 Å². The van der Waals surface area contributed by atoms with Crippen LogP contribution in [0.5, 0.6) is 0 Å². The van der Waals surface area contributed by atoms with Gasteiger partial charge in [-0.05, 0) is 25.1 Å². The van der Waals surface area contributed by atoms with E-state index < -0.39 is 0 Å². The molecule has 20 heavy (non-hydrogen) atoms. The van der Waals surface area contributed by atoms with Crippen molar-refractivity contribution in [3.05, 3.63) is 47.8 Å². The maximum atomic E-state index is 5.16. The molecule has 5 heteroatoms. The normalized spacial score (nSPS) is 10.8. The van der Waals surface area contributed by atoms with Crippen LogP contribution in [0.25, 0.3) is 0 Å². The Kier molecular flexibility index (Phi) is 4.65. The maximum Gasteiger partial charge on any atom is 0.245 e. The average Bonchev–Trinajstić information content (AvgIpc) is 2.39. The van der Waals surface area contributed by atoms with Gasteiger partial charge in [0.2, 0.25) is 5.95 Å². The number of aryl methyl sites for hydroxylation is 1. The van der Waals surface area contributed by atoms with Crippen LogP contribution in [-0.2, 0) is 11.3 Å². The smallest absolute Gasteiger partial charge is 0.245 e. The minimum absolute atomic E-state index is 0.479. The van der Waals surface area contributed by atoms with Gasteiger partial charge in [-0.15, -0.1) is 0 Å². The molecule has 0 bridgehead atoms. The monoisotopic (exact) mass is 272 g/mol. The molecule has 0 amide bonds. The molecular weight excluding hydrogens is 252 g/mol. The maximum absolute atomic E-state index is 5.16. The molecule has 0 aliphatic rings. The summed E-state index contributed by atoms with van der Waals surface area (Å²) in [5, 5.41) is 3.92. The largest absolute Gasteiger partial charge is 0.378 e. The Morgan fingerprint density at radius 3 is 2.40 bits per heavy atom. The molecule has 0 radical (unpaired) electrons. The van der Waals surface area contributed by atoms with Crippen molar-refractivity contribution in [3.8, 4) is 0 Å². The SMILES string of the molecule is COCc1cc(C)nc(N(c2ccccc2)N(C)C)n1. The van der Waals surface area contributed by atoms with Crippen molar-refractivity contribution >= 4 is 11.6 Å². The summed E-state index contributed by atoms with van der Waals surface area (Å²) in [6.45, 7) is 2.44. The molecule has 1 heterocycles. The summed E-state index contributed by atoms with van der Waals surface area (Å²) < 4.78 is 5.16. The predicted molar refractivity (Wildman–Crippen MR) is 79.8 cm³/mol. The number of rotatable bonds is 5. The number of ether oxygens (including phenoxy) is 1. The van der Waals surface area contributed by atoms with Crippen LogP contribution in [0.15, 0.2) is 36.4 Å². The van der Waals surface area contributed by atoms with E-state index in [0.717, 1.165) is 17.1 Å². The molecule has 0 spiro atoms. The highest BCUT2D eigenvalue weighted by atomic mass is 16.5. The average molecular weight is 272 g/mol. The molecule has 5 nitrogen and oxygen atoms in total. The van der Waals surface area contributed by atoms with Crippen molar-refractivity contribution < 1.29 is 4.74 Å². The van der Waals surface area contributed by atoms with Crippen molar-refractivity contribution in [3.63, 3.8) is 0 Å². The molecule has 0 aliphatic heterocycles. The molecule has 0 N–H and O–H groups in total. The number of benzene rings is 1. The molecule has 0 saturated heterocycles. The van der Waals surface area contributed by atoms with Crippen LogP contribution < -0.4 is 5.01 Å². The topological polar surface area (TPSA) is 41.5 Å². The van der Waals surface area contributed by atoms with Crippen LogP contribution in [0.3, 0.4) is 0 Å². The van der Waals surface area contributed by atoms with Gasteiger partial charge in [-0.25, -0.2) is 20.0 Å². The third kappa shape index (κ3) is 3.31. The van der Waals surface area contributed by atoms with E-state index in [1.54, 1.807) is 7.11 Å². The minimum Gasteiger partial charge on any atom is -0.378 e. The standard InChI is InChI=1S/C15H20N4O/c1-12-10-13(11-20-4)17-15(16-12)19(18(2)3)14-8-6-5-7-9-14/h5-10H,11H2,1-4H3. The van der Waals surface area contributed by atoms with Crippen molar-refractivity contribution in [1.82, 2.24) is 15.0 Å². The summed E-state index contributed by atoms with van der Waals surface area (Å²) in [6.07, 6.45) is 0. The minimum atomic E-state index is 0.479. The zero-order valence-corrected chi connectivity index (χ0v) is 12.4. The quantitative estimate of drug-likeness (QED) is 0.782. The summed E-state index contributed by atoms with van der Waals surface area (Å²) in [4.78, 5) is 9.10. The van der Waals surface area contributed by atoms with E-state index in [9.17, 15) is 0 Å². The lowest BCUT2D eigenvalue weighted by atomic mass is 10.3. The number of nitrogens with zero attached hydrogens (tertiary/aromatic N) is 4. The number of hydrogen-bond donors (Lipinski definition) is 0. The van der Waals surface area contributed by atoms with Gasteiger partial charge >= 0.3 is 0 Å². The molecule has 106 valence electrons. The van der Waals surface area contributed by atoms with Gasteiger partial charge in [-0.2, -0.15) is 0 Å². The van der Waals surface area contributed by atoms with E-state index >= 15 is 0 Å². The Labute approximate surface area is 119 Å². The highest BCUT2D eigenvalue weighted by molar-refractivity contribution is 5.55. The highest BCUT2D eigenvalue weighted by Crippen LogP contribution is 2.23. The lowest BCUT2D eigenvalue weighted by Crippen LogP contribution is -2.34. The van der Waals surface area contributed by atoms with Crippen molar-refractivity contribution in [2.24, 2.45) is 0 Å². The van der Waals surface area contributed by atoms with Crippen LogP contribution >= 0.6 is 0 Å². The van der Waals surface area contributed by atoms with Gasteiger partial charge < -0.3 is 4.74 Å². The summed E-state index contributed by atoms with van der Waals surface area (Å²) in [6, 6.07) is 12.0. The summed E-state index contributed by atoms with van der Waals surface area (Å²) in [7, 11) is 5.60. The van der Waals surface area contributed by atoms with Gasteiger partial charge in [0, 0.05) is 26.9 Å². The van der Waals surface area contributed by atoms with E-state index in [4.69, 9.17) is 4.74 Å². The van der Waals surface area contributed by atoms with Gasteiger partial charge in [0.1, 0.15) is 0 Å². The number of para-hydroxylation sites is 1. The second kappa shape index (κ2) is 6.45. The summed E-state index contributed by atoms with van der Waals surface area (Å²) >= 11 is 0. The van der Waals surface area contributed by atoms with Gasteiger partial charge in [0.05, 0.1) is 18.0 Å². The second-order valence-electron chi connectivity index (χ2n) is 4.73. The second-order valence-corrected chi connectivity index (χ2v) is 4.73.